The third-order valence-corrected chi connectivity index (χ3v) is 4.22. The van der Waals surface area contributed by atoms with Gasteiger partial charge in [-0.25, -0.2) is 0 Å². The number of ether oxygens (including phenoxy) is 1. The summed E-state index contributed by atoms with van der Waals surface area (Å²) in [6.07, 6.45) is 0.0498. The number of nitrogens with one attached hydrogen (secondary N) is 1. The summed E-state index contributed by atoms with van der Waals surface area (Å²) in [7, 11) is 0. The van der Waals surface area contributed by atoms with E-state index in [1.807, 2.05) is 19.1 Å². The van der Waals surface area contributed by atoms with Crippen LogP contribution >= 0.6 is 0 Å². The van der Waals surface area contributed by atoms with Crippen molar-refractivity contribution in [3.8, 4) is 5.75 Å². The van der Waals surface area contributed by atoms with Crippen molar-refractivity contribution in [2.75, 3.05) is 5.32 Å². The summed E-state index contributed by atoms with van der Waals surface area (Å²) in [6, 6.07) is 12.0. The number of rotatable bonds is 3. The molecule has 3 N–H and O–H groups in total. The molecule has 23 heavy (non-hydrogen) atoms. The summed E-state index contributed by atoms with van der Waals surface area (Å²) in [5, 5.41) is 2.81. The molecule has 3 rings (SSSR count). The molecule has 1 heterocycles. The molecule has 0 aromatic heterocycles. The Hall–Kier alpha value is -2.82. The lowest BCUT2D eigenvalue weighted by Gasteiger charge is -2.10. The highest BCUT2D eigenvalue weighted by atomic mass is 16.5. The Balaban J connectivity index is 1.84. The van der Waals surface area contributed by atoms with Crippen LogP contribution in [-0.2, 0) is 0 Å². The summed E-state index contributed by atoms with van der Waals surface area (Å²) >= 11 is 0. The summed E-state index contributed by atoms with van der Waals surface area (Å²) in [4.78, 5) is 23.6. The third kappa shape index (κ3) is 2.77. The summed E-state index contributed by atoms with van der Waals surface area (Å²) in [6.45, 7) is 4.08. The van der Waals surface area contributed by atoms with Gasteiger partial charge in [0.2, 0.25) is 5.91 Å². The topological polar surface area (TPSA) is 81.4 Å². The average Bonchev–Trinajstić information content (AvgIpc) is 2.83. The molecule has 0 fully saturated rings. The number of nitrogens with two attached hydrogens (primary N) is 1. The van der Waals surface area contributed by atoms with Crippen LogP contribution in [0.2, 0.25) is 0 Å². The first-order valence-corrected chi connectivity index (χ1v) is 7.48. The van der Waals surface area contributed by atoms with Gasteiger partial charge in [-0.15, -0.1) is 0 Å². The maximum Gasteiger partial charge on any atom is 0.259 e. The molecule has 2 amide bonds. The first-order chi connectivity index (χ1) is 11.0. The molecule has 1 aliphatic heterocycles. The zero-order valence-corrected chi connectivity index (χ0v) is 13.0. The van der Waals surface area contributed by atoms with Gasteiger partial charge < -0.3 is 15.8 Å². The molecule has 0 saturated carbocycles. The molecule has 5 heteroatoms. The highest BCUT2D eigenvalue weighted by molar-refractivity contribution is 6.06. The van der Waals surface area contributed by atoms with Gasteiger partial charge in [-0.2, -0.15) is 0 Å². The molecule has 2 aromatic carbocycles. The number of hydrogen-bond donors (Lipinski definition) is 2. The molecule has 1 aliphatic rings. The zero-order chi connectivity index (χ0) is 16.6. The maximum absolute atomic E-state index is 12.5. The maximum atomic E-state index is 12.5. The van der Waals surface area contributed by atoms with E-state index in [0.717, 1.165) is 5.56 Å². The van der Waals surface area contributed by atoms with Crippen molar-refractivity contribution in [1.29, 1.82) is 0 Å². The molecule has 0 radical (unpaired) electrons. The van der Waals surface area contributed by atoms with Crippen molar-refractivity contribution in [2.24, 2.45) is 5.73 Å². The van der Waals surface area contributed by atoms with E-state index in [9.17, 15) is 9.59 Å². The predicted octanol–water partition coefficient (Wildman–Crippen LogP) is 2.92. The Bertz CT molecular complexity index is 768. The van der Waals surface area contributed by atoms with E-state index in [1.54, 1.807) is 30.3 Å². The number of amides is 2. The number of carbonyl (C=O) groups excluding carboxylic acids is 2. The van der Waals surface area contributed by atoms with Gasteiger partial charge in [0.25, 0.3) is 5.91 Å². The lowest BCUT2D eigenvalue weighted by Crippen LogP contribution is -2.15. The van der Waals surface area contributed by atoms with E-state index in [0.29, 0.717) is 22.6 Å². The Morgan fingerprint density at radius 3 is 2.43 bits per heavy atom. The van der Waals surface area contributed by atoms with Crippen molar-refractivity contribution in [2.45, 2.75) is 25.9 Å². The van der Waals surface area contributed by atoms with Gasteiger partial charge in [0.15, 0.2) is 0 Å². The van der Waals surface area contributed by atoms with Gasteiger partial charge in [0.1, 0.15) is 11.9 Å². The molecule has 0 bridgehead atoms. The van der Waals surface area contributed by atoms with E-state index in [1.165, 1.54) is 0 Å². The third-order valence-electron chi connectivity index (χ3n) is 4.22. The summed E-state index contributed by atoms with van der Waals surface area (Å²) in [5.41, 5.74) is 7.75. The van der Waals surface area contributed by atoms with E-state index in [4.69, 9.17) is 10.5 Å². The summed E-state index contributed by atoms with van der Waals surface area (Å²) in [5.74, 6) is 0.168. The van der Waals surface area contributed by atoms with Crippen LogP contribution in [0.3, 0.4) is 0 Å². The second kappa shape index (κ2) is 5.76. The van der Waals surface area contributed by atoms with Gasteiger partial charge in [-0.3, -0.25) is 9.59 Å². The molecular weight excluding hydrogens is 292 g/mol. The minimum Gasteiger partial charge on any atom is -0.489 e. The van der Waals surface area contributed by atoms with Gasteiger partial charge in [0, 0.05) is 22.7 Å². The molecule has 5 nitrogen and oxygen atoms in total. The van der Waals surface area contributed by atoms with E-state index < -0.39 is 5.91 Å². The molecule has 118 valence electrons. The number of fused-ring (bicyclic) bond motifs is 1. The van der Waals surface area contributed by atoms with Crippen LogP contribution in [0, 0.1) is 0 Å². The first-order valence-electron chi connectivity index (χ1n) is 7.48. The van der Waals surface area contributed by atoms with Gasteiger partial charge in [-0.05, 0) is 37.3 Å². The van der Waals surface area contributed by atoms with Crippen LogP contribution in [-0.4, -0.2) is 17.9 Å². The van der Waals surface area contributed by atoms with Crippen molar-refractivity contribution >= 4 is 17.5 Å². The quantitative estimate of drug-likeness (QED) is 0.914. The molecule has 2 atom stereocenters. The number of anilines is 1. The normalized spacial score (nSPS) is 18.9. The zero-order valence-electron chi connectivity index (χ0n) is 13.0. The average molecular weight is 310 g/mol. The smallest absolute Gasteiger partial charge is 0.259 e. The minimum atomic E-state index is -0.500. The van der Waals surface area contributed by atoms with Crippen LogP contribution in [0.25, 0.3) is 0 Å². The monoisotopic (exact) mass is 310 g/mol. The van der Waals surface area contributed by atoms with Gasteiger partial charge >= 0.3 is 0 Å². The fraction of sp³-hybridized carbons (Fsp3) is 0.222. The van der Waals surface area contributed by atoms with Gasteiger partial charge in [0.05, 0.1) is 5.56 Å². The Labute approximate surface area is 134 Å². The van der Waals surface area contributed by atoms with Crippen molar-refractivity contribution < 1.29 is 14.3 Å². The second-order valence-corrected chi connectivity index (χ2v) is 5.73. The molecule has 0 aliphatic carbocycles. The van der Waals surface area contributed by atoms with Crippen LogP contribution in [0.5, 0.6) is 5.75 Å². The van der Waals surface area contributed by atoms with Crippen LogP contribution in [0.4, 0.5) is 5.69 Å². The second-order valence-electron chi connectivity index (χ2n) is 5.73. The summed E-state index contributed by atoms with van der Waals surface area (Å²) < 4.78 is 5.84. The molecule has 0 spiro atoms. The molecule has 0 saturated heterocycles. The number of benzene rings is 2. The first kappa shape index (κ1) is 15.1. The Kier molecular flexibility index (Phi) is 3.78. The van der Waals surface area contributed by atoms with E-state index in [-0.39, 0.29) is 17.9 Å². The van der Waals surface area contributed by atoms with Crippen LogP contribution in [0.1, 0.15) is 46.0 Å². The number of hydrogen-bond acceptors (Lipinski definition) is 3. The highest BCUT2D eigenvalue weighted by Gasteiger charge is 2.31. The van der Waals surface area contributed by atoms with Crippen LogP contribution in [0.15, 0.2) is 42.5 Å². The number of para-hydroxylation sites is 1. The largest absolute Gasteiger partial charge is 0.489 e. The van der Waals surface area contributed by atoms with Crippen molar-refractivity contribution in [3.63, 3.8) is 0 Å². The van der Waals surface area contributed by atoms with Gasteiger partial charge in [-0.1, -0.05) is 19.1 Å². The minimum absolute atomic E-state index is 0.0498. The number of primary amides is 1. The molecule has 2 aromatic rings. The SMILES string of the molecule is C[C@@H]1Oc2c(C(=O)Nc3ccc(C(N)=O)cc3)cccc2[C@@H]1C. The lowest BCUT2D eigenvalue weighted by molar-refractivity contribution is 0.0997. The van der Waals surface area contributed by atoms with Crippen molar-refractivity contribution in [1.82, 2.24) is 0 Å². The Morgan fingerprint density at radius 2 is 1.78 bits per heavy atom. The fourth-order valence-electron chi connectivity index (χ4n) is 2.68. The van der Waals surface area contributed by atoms with Crippen molar-refractivity contribution in [3.05, 3.63) is 59.2 Å². The standard InChI is InChI=1S/C18H18N2O3/c1-10-11(2)23-16-14(10)4-3-5-15(16)18(22)20-13-8-6-12(7-9-13)17(19)21/h3-11H,1-2H3,(H2,19,21)(H,20,22)/t10-,11+/m1/s1. The van der Waals surface area contributed by atoms with E-state index >= 15 is 0 Å². The predicted molar refractivity (Wildman–Crippen MR) is 87.9 cm³/mol. The number of carbonyl (C=O) groups is 2. The fourth-order valence-corrected chi connectivity index (χ4v) is 2.68. The molecule has 0 unspecified atom stereocenters. The van der Waals surface area contributed by atoms with Crippen LogP contribution < -0.4 is 15.8 Å². The van der Waals surface area contributed by atoms with E-state index in [2.05, 4.69) is 12.2 Å². The lowest BCUT2D eigenvalue weighted by atomic mass is 9.97. The highest BCUT2D eigenvalue weighted by Crippen LogP contribution is 2.40. The Morgan fingerprint density at radius 1 is 1.09 bits per heavy atom. The molecular formula is C18H18N2O3.